The summed E-state index contributed by atoms with van der Waals surface area (Å²) >= 11 is 0. The average Bonchev–Trinajstić information content (AvgIpc) is 2.46. The number of benzene rings is 1. The first kappa shape index (κ1) is 13.1. The first-order valence-electron chi connectivity index (χ1n) is 6.80. The molecule has 1 saturated heterocycles. The molecule has 3 heteroatoms. The highest BCUT2D eigenvalue weighted by atomic mass is 16.2. The molecule has 98 valence electrons. The van der Waals surface area contributed by atoms with Crippen LogP contribution < -0.4 is 10.6 Å². The van der Waals surface area contributed by atoms with E-state index in [-0.39, 0.29) is 11.3 Å². The van der Waals surface area contributed by atoms with E-state index in [0.717, 1.165) is 37.9 Å². The summed E-state index contributed by atoms with van der Waals surface area (Å²) in [4.78, 5) is 12.4. The normalized spacial score (nSPS) is 18.3. The van der Waals surface area contributed by atoms with Crippen molar-refractivity contribution in [3.8, 4) is 0 Å². The summed E-state index contributed by atoms with van der Waals surface area (Å²) in [7, 11) is 0. The third kappa shape index (κ3) is 2.91. The average molecular weight is 246 g/mol. The number of hydrogen-bond donors (Lipinski definition) is 2. The van der Waals surface area contributed by atoms with E-state index in [0.29, 0.717) is 6.54 Å². The summed E-state index contributed by atoms with van der Waals surface area (Å²) in [6, 6.07) is 10.1. The summed E-state index contributed by atoms with van der Waals surface area (Å²) in [5.74, 6) is 0.218. The van der Waals surface area contributed by atoms with Crippen molar-refractivity contribution in [2.45, 2.75) is 32.7 Å². The van der Waals surface area contributed by atoms with Gasteiger partial charge in [-0.1, -0.05) is 37.3 Å². The zero-order valence-corrected chi connectivity index (χ0v) is 11.0. The van der Waals surface area contributed by atoms with E-state index < -0.39 is 0 Å². The lowest BCUT2D eigenvalue weighted by Gasteiger charge is -2.35. The van der Waals surface area contributed by atoms with Gasteiger partial charge in [-0.2, -0.15) is 0 Å². The Morgan fingerprint density at radius 2 is 1.94 bits per heavy atom. The highest BCUT2D eigenvalue weighted by Crippen LogP contribution is 2.32. The van der Waals surface area contributed by atoms with E-state index in [1.54, 1.807) is 0 Å². The van der Waals surface area contributed by atoms with Gasteiger partial charge in [-0.25, -0.2) is 0 Å². The predicted molar refractivity (Wildman–Crippen MR) is 73.1 cm³/mol. The molecule has 0 aromatic heterocycles. The van der Waals surface area contributed by atoms with Crippen LogP contribution in [0.1, 0.15) is 31.7 Å². The van der Waals surface area contributed by atoms with Gasteiger partial charge in [0.15, 0.2) is 0 Å². The summed E-state index contributed by atoms with van der Waals surface area (Å²) in [6.45, 7) is 4.65. The molecule has 1 aliphatic rings. The molecule has 1 heterocycles. The van der Waals surface area contributed by atoms with Crippen molar-refractivity contribution in [2.24, 2.45) is 5.41 Å². The van der Waals surface area contributed by atoms with Gasteiger partial charge in [-0.05, 0) is 37.9 Å². The molecule has 1 aromatic rings. The summed E-state index contributed by atoms with van der Waals surface area (Å²) in [5.41, 5.74) is 1.01. The van der Waals surface area contributed by atoms with Crippen molar-refractivity contribution < 1.29 is 4.79 Å². The molecule has 2 N–H and O–H groups in total. The van der Waals surface area contributed by atoms with Crippen molar-refractivity contribution in [1.82, 2.24) is 10.6 Å². The Labute approximate surface area is 109 Å². The lowest BCUT2D eigenvalue weighted by molar-refractivity contribution is -0.133. The zero-order valence-electron chi connectivity index (χ0n) is 11.0. The van der Waals surface area contributed by atoms with Crippen LogP contribution in [0.3, 0.4) is 0 Å². The maximum absolute atomic E-state index is 12.4. The molecule has 2 rings (SSSR count). The SMILES string of the molecule is CCC1(C(=O)NCc2ccccc2)CCNCC1. The van der Waals surface area contributed by atoms with Crippen LogP contribution in [0.4, 0.5) is 0 Å². The van der Waals surface area contributed by atoms with E-state index in [9.17, 15) is 4.79 Å². The van der Waals surface area contributed by atoms with Crippen LogP contribution in [-0.4, -0.2) is 19.0 Å². The summed E-state index contributed by atoms with van der Waals surface area (Å²) in [6.07, 6.45) is 2.82. The lowest BCUT2D eigenvalue weighted by Crippen LogP contribution is -2.47. The van der Waals surface area contributed by atoms with E-state index in [4.69, 9.17) is 0 Å². The van der Waals surface area contributed by atoms with Crippen molar-refractivity contribution in [3.63, 3.8) is 0 Å². The minimum atomic E-state index is -0.153. The van der Waals surface area contributed by atoms with Crippen LogP contribution in [0.2, 0.25) is 0 Å². The fourth-order valence-electron chi connectivity index (χ4n) is 2.61. The number of carbonyl (C=O) groups is 1. The first-order valence-corrected chi connectivity index (χ1v) is 6.80. The Kier molecular flexibility index (Phi) is 4.37. The Balaban J connectivity index is 1.94. The van der Waals surface area contributed by atoms with Gasteiger partial charge in [0.1, 0.15) is 0 Å². The van der Waals surface area contributed by atoms with E-state index >= 15 is 0 Å². The lowest BCUT2D eigenvalue weighted by atomic mass is 9.76. The second-order valence-corrected chi connectivity index (χ2v) is 5.05. The molecule has 0 spiro atoms. The zero-order chi connectivity index (χ0) is 12.8. The van der Waals surface area contributed by atoms with Gasteiger partial charge >= 0.3 is 0 Å². The quantitative estimate of drug-likeness (QED) is 0.854. The van der Waals surface area contributed by atoms with Crippen LogP contribution in [-0.2, 0) is 11.3 Å². The molecule has 1 fully saturated rings. The molecule has 1 aliphatic heterocycles. The van der Waals surface area contributed by atoms with Crippen LogP contribution in [0.25, 0.3) is 0 Å². The van der Waals surface area contributed by atoms with Gasteiger partial charge in [0.05, 0.1) is 5.41 Å². The number of piperidine rings is 1. The third-order valence-corrected chi connectivity index (χ3v) is 4.02. The van der Waals surface area contributed by atoms with Gasteiger partial charge in [0.25, 0.3) is 0 Å². The Bertz CT molecular complexity index is 383. The minimum Gasteiger partial charge on any atom is -0.352 e. The van der Waals surface area contributed by atoms with Crippen molar-refractivity contribution >= 4 is 5.91 Å². The molecule has 0 atom stereocenters. The monoisotopic (exact) mass is 246 g/mol. The van der Waals surface area contributed by atoms with Gasteiger partial charge in [-0.3, -0.25) is 4.79 Å². The topological polar surface area (TPSA) is 41.1 Å². The molecule has 0 bridgehead atoms. The molecular weight excluding hydrogens is 224 g/mol. The van der Waals surface area contributed by atoms with Crippen molar-refractivity contribution in [2.75, 3.05) is 13.1 Å². The summed E-state index contributed by atoms with van der Waals surface area (Å²) < 4.78 is 0. The summed E-state index contributed by atoms with van der Waals surface area (Å²) in [5, 5.41) is 6.42. The molecule has 0 aliphatic carbocycles. The van der Waals surface area contributed by atoms with Crippen molar-refractivity contribution in [1.29, 1.82) is 0 Å². The Morgan fingerprint density at radius 3 is 2.56 bits per heavy atom. The van der Waals surface area contributed by atoms with Crippen LogP contribution in [0.5, 0.6) is 0 Å². The fraction of sp³-hybridized carbons (Fsp3) is 0.533. The molecule has 1 aromatic carbocycles. The minimum absolute atomic E-state index is 0.153. The van der Waals surface area contributed by atoms with Gasteiger partial charge in [0, 0.05) is 6.54 Å². The second kappa shape index (κ2) is 6.01. The number of rotatable bonds is 4. The number of amides is 1. The van der Waals surface area contributed by atoms with Gasteiger partial charge in [0.2, 0.25) is 5.91 Å². The maximum atomic E-state index is 12.4. The van der Waals surface area contributed by atoms with Crippen LogP contribution >= 0.6 is 0 Å². The van der Waals surface area contributed by atoms with E-state index in [2.05, 4.69) is 17.6 Å². The number of hydrogen-bond acceptors (Lipinski definition) is 2. The van der Waals surface area contributed by atoms with Crippen LogP contribution in [0.15, 0.2) is 30.3 Å². The third-order valence-electron chi connectivity index (χ3n) is 4.02. The smallest absolute Gasteiger partial charge is 0.226 e. The highest BCUT2D eigenvalue weighted by molar-refractivity contribution is 5.82. The second-order valence-electron chi connectivity index (χ2n) is 5.05. The first-order chi connectivity index (χ1) is 8.77. The molecule has 18 heavy (non-hydrogen) atoms. The molecule has 0 radical (unpaired) electrons. The Morgan fingerprint density at radius 1 is 1.28 bits per heavy atom. The largest absolute Gasteiger partial charge is 0.352 e. The highest BCUT2D eigenvalue weighted by Gasteiger charge is 2.37. The molecule has 0 saturated carbocycles. The van der Waals surface area contributed by atoms with Gasteiger partial charge < -0.3 is 10.6 Å². The number of nitrogens with one attached hydrogen (secondary N) is 2. The van der Waals surface area contributed by atoms with Gasteiger partial charge in [-0.15, -0.1) is 0 Å². The number of carbonyl (C=O) groups excluding carboxylic acids is 1. The van der Waals surface area contributed by atoms with Crippen LogP contribution in [0, 0.1) is 5.41 Å². The maximum Gasteiger partial charge on any atom is 0.226 e. The molecule has 3 nitrogen and oxygen atoms in total. The van der Waals surface area contributed by atoms with E-state index in [1.165, 1.54) is 0 Å². The van der Waals surface area contributed by atoms with Crippen molar-refractivity contribution in [3.05, 3.63) is 35.9 Å². The molecule has 1 amide bonds. The Hall–Kier alpha value is -1.35. The molecular formula is C15H22N2O. The fourth-order valence-corrected chi connectivity index (χ4v) is 2.61. The van der Waals surface area contributed by atoms with E-state index in [1.807, 2.05) is 30.3 Å². The standard InChI is InChI=1S/C15H22N2O/c1-2-15(8-10-16-11-9-15)14(18)17-12-13-6-4-3-5-7-13/h3-7,16H,2,8-12H2,1H3,(H,17,18). The molecule has 0 unspecified atom stereocenters. The predicted octanol–water partition coefficient (Wildman–Crippen LogP) is 2.08.